The van der Waals surface area contributed by atoms with Crippen LogP contribution >= 0.6 is 0 Å². The number of aliphatic hydroxyl groups is 1. The van der Waals surface area contributed by atoms with Gasteiger partial charge in [0.1, 0.15) is 0 Å². The predicted octanol–water partition coefficient (Wildman–Crippen LogP) is 3.44. The zero-order chi connectivity index (χ0) is 12.5. The molecule has 1 rings (SSSR count). The van der Waals surface area contributed by atoms with Crippen LogP contribution in [0.5, 0.6) is 0 Å². The van der Waals surface area contributed by atoms with Gasteiger partial charge < -0.3 is 10.0 Å². The predicted molar refractivity (Wildman–Crippen MR) is 74.2 cm³/mol. The molecule has 2 atom stereocenters. The van der Waals surface area contributed by atoms with Crippen molar-refractivity contribution in [3.8, 4) is 0 Å². The van der Waals surface area contributed by atoms with E-state index in [0.717, 1.165) is 13.0 Å². The quantitative estimate of drug-likeness (QED) is 0.703. The number of hydrogen-bond donors (Lipinski definition) is 1. The van der Waals surface area contributed by atoms with Crippen LogP contribution in [0.15, 0.2) is 0 Å². The summed E-state index contributed by atoms with van der Waals surface area (Å²) in [7, 11) is 0. The van der Waals surface area contributed by atoms with Gasteiger partial charge in [0.15, 0.2) is 0 Å². The molecule has 2 heteroatoms. The van der Waals surface area contributed by atoms with E-state index in [0.29, 0.717) is 5.92 Å². The van der Waals surface area contributed by atoms with E-state index in [4.69, 9.17) is 0 Å². The fourth-order valence-corrected chi connectivity index (χ4v) is 2.79. The third-order valence-corrected chi connectivity index (χ3v) is 4.02. The molecule has 0 heterocycles. The highest BCUT2D eigenvalue weighted by Crippen LogP contribution is 2.25. The van der Waals surface area contributed by atoms with E-state index in [1.54, 1.807) is 0 Å². The van der Waals surface area contributed by atoms with E-state index < -0.39 is 0 Å². The van der Waals surface area contributed by atoms with Gasteiger partial charge in [0.05, 0.1) is 6.10 Å². The van der Waals surface area contributed by atoms with Gasteiger partial charge in [-0.05, 0) is 44.7 Å². The standard InChI is InChI=1S/C15H31NO/c1-3-5-11-16(12-6-4-2)13-14-9-7-8-10-15(14)17/h14-15,17H,3-13H2,1-2H3. The molecular weight excluding hydrogens is 210 g/mol. The summed E-state index contributed by atoms with van der Waals surface area (Å²) in [5, 5.41) is 10.0. The molecule has 0 spiro atoms. The molecule has 2 unspecified atom stereocenters. The molecule has 0 bridgehead atoms. The van der Waals surface area contributed by atoms with Gasteiger partial charge >= 0.3 is 0 Å². The van der Waals surface area contributed by atoms with Crippen LogP contribution in [0.2, 0.25) is 0 Å². The van der Waals surface area contributed by atoms with E-state index in [9.17, 15) is 5.11 Å². The number of unbranched alkanes of at least 4 members (excludes halogenated alkanes) is 2. The molecular formula is C15H31NO. The first-order valence-electron chi connectivity index (χ1n) is 7.68. The Balaban J connectivity index is 2.33. The molecule has 17 heavy (non-hydrogen) atoms. The maximum atomic E-state index is 10.0. The summed E-state index contributed by atoms with van der Waals surface area (Å²) >= 11 is 0. The van der Waals surface area contributed by atoms with Gasteiger partial charge in [-0.25, -0.2) is 0 Å². The summed E-state index contributed by atoms with van der Waals surface area (Å²) in [6.45, 7) is 8.08. The number of nitrogens with zero attached hydrogens (tertiary/aromatic N) is 1. The Morgan fingerprint density at radius 2 is 1.59 bits per heavy atom. The van der Waals surface area contributed by atoms with Crippen molar-refractivity contribution in [3.63, 3.8) is 0 Å². The minimum atomic E-state index is -0.0329. The Bertz CT molecular complexity index is 176. The van der Waals surface area contributed by atoms with Gasteiger partial charge in [-0.1, -0.05) is 39.5 Å². The fraction of sp³-hybridized carbons (Fsp3) is 1.00. The number of rotatable bonds is 8. The van der Waals surface area contributed by atoms with Gasteiger partial charge in [-0.3, -0.25) is 0 Å². The first-order valence-corrected chi connectivity index (χ1v) is 7.68. The third kappa shape index (κ3) is 5.87. The highest BCUT2D eigenvalue weighted by Gasteiger charge is 2.24. The van der Waals surface area contributed by atoms with Gasteiger partial charge in [0, 0.05) is 6.54 Å². The summed E-state index contributed by atoms with van der Waals surface area (Å²) in [5.41, 5.74) is 0. The van der Waals surface area contributed by atoms with E-state index in [1.165, 1.54) is 58.0 Å². The number of aliphatic hydroxyl groups excluding tert-OH is 1. The molecule has 2 nitrogen and oxygen atoms in total. The van der Waals surface area contributed by atoms with Crippen LogP contribution < -0.4 is 0 Å². The summed E-state index contributed by atoms with van der Waals surface area (Å²) in [6.07, 6.45) is 9.91. The Labute approximate surface area is 107 Å². The molecule has 0 radical (unpaired) electrons. The van der Waals surface area contributed by atoms with Crippen molar-refractivity contribution in [1.29, 1.82) is 0 Å². The minimum Gasteiger partial charge on any atom is -0.393 e. The Morgan fingerprint density at radius 1 is 1.00 bits per heavy atom. The van der Waals surface area contributed by atoms with Crippen molar-refractivity contribution in [2.75, 3.05) is 19.6 Å². The Kier molecular flexibility index (Phi) is 7.87. The first-order chi connectivity index (χ1) is 8.27. The molecule has 0 amide bonds. The molecule has 1 aliphatic carbocycles. The van der Waals surface area contributed by atoms with Crippen LogP contribution in [0, 0.1) is 5.92 Å². The summed E-state index contributed by atoms with van der Waals surface area (Å²) in [5.74, 6) is 0.539. The zero-order valence-corrected chi connectivity index (χ0v) is 11.8. The fourth-order valence-electron chi connectivity index (χ4n) is 2.79. The third-order valence-electron chi connectivity index (χ3n) is 4.02. The largest absolute Gasteiger partial charge is 0.393 e. The second kappa shape index (κ2) is 8.93. The lowest BCUT2D eigenvalue weighted by Crippen LogP contribution is -2.38. The van der Waals surface area contributed by atoms with Gasteiger partial charge in [0.25, 0.3) is 0 Å². The summed E-state index contributed by atoms with van der Waals surface area (Å²) < 4.78 is 0. The van der Waals surface area contributed by atoms with Crippen LogP contribution in [0.25, 0.3) is 0 Å². The van der Waals surface area contributed by atoms with E-state index in [-0.39, 0.29) is 6.10 Å². The number of hydrogen-bond acceptors (Lipinski definition) is 2. The SMILES string of the molecule is CCCCN(CCCC)CC1CCCCC1O. The van der Waals surface area contributed by atoms with Crippen LogP contribution in [0.4, 0.5) is 0 Å². The molecule has 0 aliphatic heterocycles. The molecule has 1 N–H and O–H groups in total. The van der Waals surface area contributed by atoms with Gasteiger partial charge in [0.2, 0.25) is 0 Å². The van der Waals surface area contributed by atoms with Crippen LogP contribution in [0.3, 0.4) is 0 Å². The van der Waals surface area contributed by atoms with Crippen LogP contribution in [-0.2, 0) is 0 Å². The first kappa shape index (κ1) is 15.0. The average Bonchev–Trinajstić information content (AvgIpc) is 2.35. The summed E-state index contributed by atoms with van der Waals surface area (Å²) in [6, 6.07) is 0. The highest BCUT2D eigenvalue weighted by atomic mass is 16.3. The second-order valence-electron chi connectivity index (χ2n) is 5.62. The van der Waals surface area contributed by atoms with E-state index >= 15 is 0 Å². The van der Waals surface area contributed by atoms with Crippen molar-refractivity contribution < 1.29 is 5.11 Å². The maximum absolute atomic E-state index is 10.0. The average molecular weight is 241 g/mol. The molecule has 0 aromatic carbocycles. The molecule has 1 saturated carbocycles. The minimum absolute atomic E-state index is 0.0329. The van der Waals surface area contributed by atoms with Crippen molar-refractivity contribution >= 4 is 0 Å². The molecule has 1 aliphatic rings. The van der Waals surface area contributed by atoms with Crippen molar-refractivity contribution in [2.45, 2.75) is 71.3 Å². The van der Waals surface area contributed by atoms with Crippen molar-refractivity contribution in [3.05, 3.63) is 0 Å². The molecule has 0 aromatic heterocycles. The summed E-state index contributed by atoms with van der Waals surface area (Å²) in [4.78, 5) is 2.59. The van der Waals surface area contributed by atoms with Crippen molar-refractivity contribution in [2.24, 2.45) is 5.92 Å². The Hall–Kier alpha value is -0.0800. The molecule has 0 aromatic rings. The smallest absolute Gasteiger partial charge is 0.0580 e. The maximum Gasteiger partial charge on any atom is 0.0580 e. The van der Waals surface area contributed by atoms with Crippen molar-refractivity contribution in [1.82, 2.24) is 4.90 Å². The zero-order valence-electron chi connectivity index (χ0n) is 11.8. The van der Waals surface area contributed by atoms with Gasteiger partial charge in [-0.15, -0.1) is 0 Å². The lowest BCUT2D eigenvalue weighted by atomic mass is 9.86. The molecule has 1 fully saturated rings. The van der Waals surface area contributed by atoms with Crippen LogP contribution in [-0.4, -0.2) is 35.7 Å². The Morgan fingerprint density at radius 3 is 2.12 bits per heavy atom. The van der Waals surface area contributed by atoms with E-state index in [2.05, 4.69) is 18.7 Å². The second-order valence-corrected chi connectivity index (χ2v) is 5.62. The monoisotopic (exact) mass is 241 g/mol. The molecule has 0 saturated heterocycles. The van der Waals surface area contributed by atoms with Crippen LogP contribution in [0.1, 0.15) is 65.2 Å². The normalized spacial score (nSPS) is 25.4. The topological polar surface area (TPSA) is 23.5 Å². The lowest BCUT2D eigenvalue weighted by Gasteiger charge is -2.33. The lowest BCUT2D eigenvalue weighted by molar-refractivity contribution is 0.0458. The molecule has 102 valence electrons. The van der Waals surface area contributed by atoms with E-state index in [1.807, 2.05) is 0 Å². The van der Waals surface area contributed by atoms with Gasteiger partial charge in [-0.2, -0.15) is 0 Å². The highest BCUT2D eigenvalue weighted by molar-refractivity contribution is 4.77.